The highest BCUT2D eigenvalue weighted by Crippen LogP contribution is 2.20. The first-order chi connectivity index (χ1) is 11.7. The molecule has 1 fully saturated rings. The Kier molecular flexibility index (Phi) is 5.35. The van der Waals surface area contributed by atoms with E-state index in [-0.39, 0.29) is 12.1 Å². The van der Waals surface area contributed by atoms with E-state index in [1.807, 2.05) is 31.4 Å². The SMILES string of the molecule is CCc1cnc(CN(C)C(=O)N[C@H]2CCN(c3ccccc3)C2)s1. The van der Waals surface area contributed by atoms with Crippen LogP contribution in [0, 0.1) is 0 Å². The Morgan fingerprint density at radius 3 is 2.92 bits per heavy atom. The molecule has 1 N–H and O–H groups in total. The van der Waals surface area contributed by atoms with E-state index in [0.717, 1.165) is 30.9 Å². The number of aromatic nitrogens is 1. The minimum atomic E-state index is -0.0249. The molecule has 1 saturated heterocycles. The predicted molar refractivity (Wildman–Crippen MR) is 98.6 cm³/mol. The molecule has 2 amide bonds. The number of rotatable bonds is 5. The number of nitrogens with zero attached hydrogens (tertiary/aromatic N) is 3. The van der Waals surface area contributed by atoms with Crippen molar-refractivity contribution in [2.75, 3.05) is 25.0 Å². The highest BCUT2D eigenvalue weighted by atomic mass is 32.1. The molecule has 1 aromatic heterocycles. The van der Waals surface area contributed by atoms with Gasteiger partial charge < -0.3 is 15.1 Å². The van der Waals surface area contributed by atoms with Gasteiger partial charge >= 0.3 is 6.03 Å². The van der Waals surface area contributed by atoms with E-state index in [1.165, 1.54) is 10.6 Å². The van der Waals surface area contributed by atoms with Gasteiger partial charge in [-0.15, -0.1) is 11.3 Å². The molecule has 1 aliphatic heterocycles. The summed E-state index contributed by atoms with van der Waals surface area (Å²) >= 11 is 1.68. The van der Waals surface area contributed by atoms with Crippen LogP contribution in [0.3, 0.4) is 0 Å². The van der Waals surface area contributed by atoms with Crippen LogP contribution >= 0.6 is 11.3 Å². The summed E-state index contributed by atoms with van der Waals surface area (Å²) in [5.74, 6) is 0. The van der Waals surface area contributed by atoms with Crippen molar-refractivity contribution in [3.05, 3.63) is 46.4 Å². The first-order valence-corrected chi connectivity index (χ1v) is 9.22. The maximum atomic E-state index is 12.4. The number of hydrogen-bond acceptors (Lipinski definition) is 4. The van der Waals surface area contributed by atoms with Crippen LogP contribution < -0.4 is 10.2 Å². The zero-order chi connectivity index (χ0) is 16.9. The monoisotopic (exact) mass is 344 g/mol. The lowest BCUT2D eigenvalue weighted by atomic mass is 10.3. The summed E-state index contributed by atoms with van der Waals surface area (Å²) in [5.41, 5.74) is 1.22. The molecule has 1 aromatic carbocycles. The molecule has 6 heteroatoms. The Labute approximate surface area is 147 Å². The van der Waals surface area contributed by atoms with Crippen molar-refractivity contribution < 1.29 is 4.79 Å². The van der Waals surface area contributed by atoms with Crippen molar-refractivity contribution in [3.8, 4) is 0 Å². The Hall–Kier alpha value is -2.08. The van der Waals surface area contributed by atoms with Crippen molar-refractivity contribution in [2.45, 2.75) is 32.4 Å². The lowest BCUT2D eigenvalue weighted by molar-refractivity contribution is 0.203. The summed E-state index contributed by atoms with van der Waals surface area (Å²) in [5, 5.41) is 4.13. The van der Waals surface area contributed by atoms with Crippen LogP contribution in [0.25, 0.3) is 0 Å². The molecule has 1 aliphatic rings. The van der Waals surface area contributed by atoms with Crippen molar-refractivity contribution in [3.63, 3.8) is 0 Å². The third kappa shape index (κ3) is 4.06. The molecule has 0 aliphatic carbocycles. The number of aryl methyl sites for hydroxylation is 1. The quantitative estimate of drug-likeness (QED) is 0.906. The van der Waals surface area contributed by atoms with Gasteiger partial charge in [0.25, 0.3) is 0 Å². The largest absolute Gasteiger partial charge is 0.369 e. The summed E-state index contributed by atoms with van der Waals surface area (Å²) in [6.07, 6.45) is 3.87. The van der Waals surface area contributed by atoms with Crippen LogP contribution in [-0.4, -0.2) is 42.1 Å². The van der Waals surface area contributed by atoms with E-state index >= 15 is 0 Å². The molecule has 3 rings (SSSR count). The van der Waals surface area contributed by atoms with Crippen LogP contribution in [0.2, 0.25) is 0 Å². The Morgan fingerprint density at radius 2 is 2.21 bits per heavy atom. The Morgan fingerprint density at radius 1 is 1.42 bits per heavy atom. The first kappa shape index (κ1) is 16.8. The third-order valence-electron chi connectivity index (χ3n) is 4.31. The maximum Gasteiger partial charge on any atom is 0.317 e. The van der Waals surface area contributed by atoms with Gasteiger partial charge in [-0.05, 0) is 25.0 Å². The number of anilines is 1. The summed E-state index contributed by atoms with van der Waals surface area (Å²) in [4.78, 5) is 22.1. The van der Waals surface area contributed by atoms with Crippen LogP contribution in [0.15, 0.2) is 36.5 Å². The lowest BCUT2D eigenvalue weighted by Crippen LogP contribution is -2.43. The van der Waals surface area contributed by atoms with Gasteiger partial charge in [-0.3, -0.25) is 0 Å². The average Bonchev–Trinajstić information content (AvgIpc) is 3.25. The van der Waals surface area contributed by atoms with E-state index < -0.39 is 0 Å². The van der Waals surface area contributed by atoms with Gasteiger partial charge in [-0.2, -0.15) is 0 Å². The zero-order valence-electron chi connectivity index (χ0n) is 14.2. The number of nitrogens with one attached hydrogen (secondary N) is 1. The van der Waals surface area contributed by atoms with Crippen molar-refractivity contribution in [2.24, 2.45) is 0 Å². The molecular weight excluding hydrogens is 320 g/mol. The average molecular weight is 344 g/mol. The molecule has 0 radical (unpaired) electrons. The standard InChI is InChI=1S/C18H24N4OS/c1-3-16-11-19-17(24-16)13-21(2)18(23)20-14-9-10-22(12-14)15-7-5-4-6-8-15/h4-8,11,14H,3,9-10,12-13H2,1-2H3,(H,20,23)/t14-/m0/s1. The van der Waals surface area contributed by atoms with Gasteiger partial charge in [0.05, 0.1) is 6.54 Å². The topological polar surface area (TPSA) is 48.5 Å². The number of hydrogen-bond donors (Lipinski definition) is 1. The molecule has 24 heavy (non-hydrogen) atoms. The van der Waals surface area contributed by atoms with Gasteiger partial charge in [0, 0.05) is 42.9 Å². The molecule has 1 atom stereocenters. The van der Waals surface area contributed by atoms with Crippen LogP contribution in [0.4, 0.5) is 10.5 Å². The van der Waals surface area contributed by atoms with E-state index in [1.54, 1.807) is 16.2 Å². The third-order valence-corrected chi connectivity index (χ3v) is 5.43. The lowest BCUT2D eigenvalue weighted by Gasteiger charge is -2.21. The molecule has 2 aromatic rings. The fourth-order valence-electron chi connectivity index (χ4n) is 2.90. The first-order valence-electron chi connectivity index (χ1n) is 8.41. The fourth-order valence-corrected chi connectivity index (χ4v) is 3.81. The van der Waals surface area contributed by atoms with Gasteiger partial charge in [-0.25, -0.2) is 9.78 Å². The second-order valence-electron chi connectivity index (χ2n) is 6.15. The molecule has 128 valence electrons. The molecular formula is C18H24N4OS. The Balaban J connectivity index is 1.49. The molecule has 0 bridgehead atoms. The summed E-state index contributed by atoms with van der Waals surface area (Å²) < 4.78 is 0. The van der Waals surface area contributed by atoms with Crippen molar-refractivity contribution in [1.29, 1.82) is 0 Å². The molecule has 2 heterocycles. The number of thiazole rings is 1. The fraction of sp³-hybridized carbons (Fsp3) is 0.444. The van der Waals surface area contributed by atoms with Gasteiger partial charge in [-0.1, -0.05) is 25.1 Å². The number of para-hydroxylation sites is 1. The van der Waals surface area contributed by atoms with Crippen LogP contribution in [-0.2, 0) is 13.0 Å². The van der Waals surface area contributed by atoms with Crippen molar-refractivity contribution >= 4 is 23.1 Å². The minimum absolute atomic E-state index is 0.0249. The zero-order valence-corrected chi connectivity index (χ0v) is 15.1. The molecule has 5 nitrogen and oxygen atoms in total. The van der Waals surface area contributed by atoms with Crippen LogP contribution in [0.1, 0.15) is 23.2 Å². The summed E-state index contributed by atoms with van der Waals surface area (Å²) in [7, 11) is 1.83. The van der Waals surface area contributed by atoms with E-state index in [0.29, 0.717) is 6.54 Å². The molecule has 0 saturated carbocycles. The summed E-state index contributed by atoms with van der Waals surface area (Å²) in [6.45, 7) is 4.52. The molecule has 0 spiro atoms. The second kappa shape index (κ2) is 7.66. The normalized spacial score (nSPS) is 17.1. The predicted octanol–water partition coefficient (Wildman–Crippen LogP) is 3.13. The number of amides is 2. The number of urea groups is 1. The summed E-state index contributed by atoms with van der Waals surface area (Å²) in [6, 6.07) is 10.5. The van der Waals surface area contributed by atoms with Gasteiger partial charge in [0.1, 0.15) is 5.01 Å². The number of carbonyl (C=O) groups excluding carboxylic acids is 1. The van der Waals surface area contributed by atoms with Gasteiger partial charge in [0.15, 0.2) is 0 Å². The van der Waals surface area contributed by atoms with Crippen LogP contribution in [0.5, 0.6) is 0 Å². The number of benzene rings is 1. The van der Waals surface area contributed by atoms with E-state index in [4.69, 9.17) is 0 Å². The maximum absolute atomic E-state index is 12.4. The minimum Gasteiger partial charge on any atom is -0.369 e. The van der Waals surface area contributed by atoms with Crippen molar-refractivity contribution in [1.82, 2.24) is 15.2 Å². The smallest absolute Gasteiger partial charge is 0.317 e. The molecule has 0 unspecified atom stereocenters. The highest BCUT2D eigenvalue weighted by molar-refractivity contribution is 7.11. The van der Waals surface area contributed by atoms with E-state index in [2.05, 4.69) is 34.3 Å². The van der Waals surface area contributed by atoms with E-state index in [9.17, 15) is 4.79 Å². The highest BCUT2D eigenvalue weighted by Gasteiger charge is 2.25. The van der Waals surface area contributed by atoms with Gasteiger partial charge in [0.2, 0.25) is 0 Å². The second-order valence-corrected chi connectivity index (χ2v) is 7.35. The Bertz CT molecular complexity index is 673. The number of carbonyl (C=O) groups is 1.